The van der Waals surface area contributed by atoms with Gasteiger partial charge in [-0.1, -0.05) is 6.07 Å². The number of nitrogens with zero attached hydrogens (tertiary/aromatic N) is 1. The molecule has 1 amide bonds. The van der Waals surface area contributed by atoms with Crippen LogP contribution in [0.4, 0.5) is 4.79 Å². The number of rotatable bonds is 8. The molecule has 0 spiro atoms. The second-order valence-corrected chi connectivity index (χ2v) is 5.67. The maximum atomic E-state index is 11.9. The fourth-order valence-corrected chi connectivity index (χ4v) is 2.54. The van der Waals surface area contributed by atoms with Crippen molar-refractivity contribution < 1.29 is 28.5 Å². The Morgan fingerprint density at radius 3 is 2.58 bits per heavy atom. The van der Waals surface area contributed by atoms with E-state index in [9.17, 15) is 9.59 Å². The molecule has 0 aromatic heterocycles. The van der Waals surface area contributed by atoms with Crippen LogP contribution in [0.1, 0.15) is 12.5 Å². The first-order valence-electron chi connectivity index (χ1n) is 8.71. The molecule has 1 aliphatic rings. The van der Waals surface area contributed by atoms with Crippen molar-refractivity contribution in [1.82, 2.24) is 10.2 Å². The standard InChI is InChI=1S/C18H26N2O6/c1-3-24-17(21)13-14-4-5-15(16(12-14)23-2)25-10-11-26-18(22)20-8-6-19-7-9-20/h4-5,12,19H,3,6-11,13H2,1-2H3. The molecule has 1 saturated heterocycles. The maximum absolute atomic E-state index is 11.9. The van der Waals surface area contributed by atoms with Crippen molar-refractivity contribution in [2.45, 2.75) is 13.3 Å². The number of carbonyl (C=O) groups excluding carboxylic acids is 2. The van der Waals surface area contributed by atoms with E-state index in [2.05, 4.69) is 5.32 Å². The lowest BCUT2D eigenvalue weighted by atomic mass is 10.1. The van der Waals surface area contributed by atoms with Crippen LogP contribution in [0, 0.1) is 0 Å². The first kappa shape index (κ1) is 19.8. The first-order valence-corrected chi connectivity index (χ1v) is 8.71. The highest BCUT2D eigenvalue weighted by Gasteiger charge is 2.17. The second-order valence-electron chi connectivity index (χ2n) is 5.67. The van der Waals surface area contributed by atoms with Gasteiger partial charge in [0.25, 0.3) is 0 Å². The van der Waals surface area contributed by atoms with Crippen molar-refractivity contribution in [3.63, 3.8) is 0 Å². The third-order valence-corrected chi connectivity index (χ3v) is 3.82. The molecule has 1 heterocycles. The van der Waals surface area contributed by atoms with Crippen LogP contribution in [-0.4, -0.2) is 70.1 Å². The Morgan fingerprint density at radius 1 is 1.12 bits per heavy atom. The van der Waals surface area contributed by atoms with E-state index in [0.29, 0.717) is 31.2 Å². The number of hydrogen-bond acceptors (Lipinski definition) is 7. The van der Waals surface area contributed by atoms with Crippen LogP contribution in [0.2, 0.25) is 0 Å². The summed E-state index contributed by atoms with van der Waals surface area (Å²) >= 11 is 0. The van der Waals surface area contributed by atoms with E-state index in [4.69, 9.17) is 18.9 Å². The summed E-state index contributed by atoms with van der Waals surface area (Å²) in [5.41, 5.74) is 0.776. The number of esters is 1. The molecule has 1 aromatic carbocycles. The molecule has 0 aliphatic carbocycles. The summed E-state index contributed by atoms with van der Waals surface area (Å²) in [6.45, 7) is 5.34. The molecule has 8 heteroatoms. The number of nitrogens with one attached hydrogen (secondary N) is 1. The predicted molar refractivity (Wildman–Crippen MR) is 94.6 cm³/mol. The van der Waals surface area contributed by atoms with Gasteiger partial charge in [0.1, 0.15) is 13.2 Å². The molecule has 1 aromatic rings. The van der Waals surface area contributed by atoms with E-state index in [1.165, 1.54) is 7.11 Å². The molecule has 0 saturated carbocycles. The van der Waals surface area contributed by atoms with Gasteiger partial charge < -0.3 is 29.2 Å². The van der Waals surface area contributed by atoms with Crippen LogP contribution < -0.4 is 14.8 Å². The Morgan fingerprint density at radius 2 is 1.88 bits per heavy atom. The number of benzene rings is 1. The van der Waals surface area contributed by atoms with Gasteiger partial charge >= 0.3 is 12.1 Å². The number of ether oxygens (including phenoxy) is 4. The van der Waals surface area contributed by atoms with Gasteiger partial charge in [-0.25, -0.2) is 4.79 Å². The summed E-state index contributed by atoms with van der Waals surface area (Å²) < 4.78 is 21.1. The summed E-state index contributed by atoms with van der Waals surface area (Å²) in [5, 5.41) is 3.18. The zero-order valence-electron chi connectivity index (χ0n) is 15.3. The first-order chi connectivity index (χ1) is 12.6. The highest BCUT2D eigenvalue weighted by atomic mass is 16.6. The molecule has 1 fully saturated rings. The quantitative estimate of drug-likeness (QED) is 0.547. The van der Waals surface area contributed by atoms with Gasteiger partial charge in [-0.15, -0.1) is 0 Å². The van der Waals surface area contributed by atoms with Crippen LogP contribution in [-0.2, 0) is 20.7 Å². The number of amides is 1. The fourth-order valence-electron chi connectivity index (χ4n) is 2.54. The summed E-state index contributed by atoms with van der Waals surface area (Å²) in [6.07, 6.45) is -0.154. The Hall–Kier alpha value is -2.48. The Kier molecular flexibility index (Phi) is 8.01. The third-order valence-electron chi connectivity index (χ3n) is 3.82. The second kappa shape index (κ2) is 10.5. The Balaban J connectivity index is 1.79. The number of methoxy groups -OCH3 is 1. The lowest BCUT2D eigenvalue weighted by Gasteiger charge is -2.26. The summed E-state index contributed by atoms with van der Waals surface area (Å²) in [6, 6.07) is 5.24. The average molecular weight is 366 g/mol. The molecule has 8 nitrogen and oxygen atoms in total. The normalized spacial score (nSPS) is 13.8. The summed E-state index contributed by atoms with van der Waals surface area (Å²) in [4.78, 5) is 25.1. The lowest BCUT2D eigenvalue weighted by Crippen LogP contribution is -2.46. The zero-order valence-corrected chi connectivity index (χ0v) is 15.3. The molecule has 2 rings (SSSR count). The van der Waals surface area contributed by atoms with E-state index in [1.807, 2.05) is 0 Å². The van der Waals surface area contributed by atoms with Gasteiger partial charge in [-0.05, 0) is 24.6 Å². The predicted octanol–water partition coefficient (Wildman–Crippen LogP) is 1.22. The van der Waals surface area contributed by atoms with Crippen LogP contribution in [0.15, 0.2) is 18.2 Å². The SMILES string of the molecule is CCOC(=O)Cc1ccc(OCCOC(=O)N2CCNCC2)c(OC)c1. The van der Waals surface area contributed by atoms with Crippen LogP contribution >= 0.6 is 0 Å². The van der Waals surface area contributed by atoms with Gasteiger partial charge in [-0.2, -0.15) is 0 Å². The minimum Gasteiger partial charge on any atom is -0.493 e. The molecular formula is C18H26N2O6. The zero-order chi connectivity index (χ0) is 18.8. The smallest absolute Gasteiger partial charge is 0.409 e. The summed E-state index contributed by atoms with van der Waals surface area (Å²) in [5.74, 6) is 0.751. The van der Waals surface area contributed by atoms with E-state index in [0.717, 1.165) is 18.7 Å². The van der Waals surface area contributed by atoms with Gasteiger partial charge in [0.05, 0.1) is 20.1 Å². The molecule has 0 radical (unpaired) electrons. The monoisotopic (exact) mass is 366 g/mol. The summed E-state index contributed by atoms with van der Waals surface area (Å²) in [7, 11) is 1.53. The maximum Gasteiger partial charge on any atom is 0.409 e. The highest BCUT2D eigenvalue weighted by molar-refractivity contribution is 5.73. The van der Waals surface area contributed by atoms with E-state index in [1.54, 1.807) is 30.0 Å². The van der Waals surface area contributed by atoms with Crippen molar-refractivity contribution in [3.05, 3.63) is 23.8 Å². The molecule has 0 atom stereocenters. The number of carbonyl (C=O) groups is 2. The van der Waals surface area contributed by atoms with E-state index in [-0.39, 0.29) is 31.7 Å². The van der Waals surface area contributed by atoms with Crippen molar-refractivity contribution in [2.24, 2.45) is 0 Å². The molecule has 1 N–H and O–H groups in total. The molecule has 1 aliphatic heterocycles. The van der Waals surface area contributed by atoms with Gasteiger partial charge in [0, 0.05) is 26.2 Å². The topological polar surface area (TPSA) is 86.3 Å². The minimum atomic E-state index is -0.327. The van der Waals surface area contributed by atoms with Gasteiger partial charge in [-0.3, -0.25) is 4.79 Å². The average Bonchev–Trinajstić information content (AvgIpc) is 2.66. The molecule has 144 valence electrons. The molecule has 0 unspecified atom stereocenters. The largest absolute Gasteiger partial charge is 0.493 e. The lowest BCUT2D eigenvalue weighted by molar-refractivity contribution is -0.142. The van der Waals surface area contributed by atoms with Crippen molar-refractivity contribution in [2.75, 3.05) is 53.1 Å². The van der Waals surface area contributed by atoms with Crippen molar-refractivity contribution >= 4 is 12.1 Å². The van der Waals surface area contributed by atoms with Crippen molar-refractivity contribution in [1.29, 1.82) is 0 Å². The Labute approximate surface area is 153 Å². The molecule has 26 heavy (non-hydrogen) atoms. The van der Waals surface area contributed by atoms with E-state index < -0.39 is 0 Å². The molecule has 0 bridgehead atoms. The Bertz CT molecular complexity index is 601. The van der Waals surface area contributed by atoms with Crippen LogP contribution in [0.25, 0.3) is 0 Å². The van der Waals surface area contributed by atoms with E-state index >= 15 is 0 Å². The number of hydrogen-bond donors (Lipinski definition) is 1. The van der Waals surface area contributed by atoms with Gasteiger partial charge in [0.2, 0.25) is 0 Å². The molecular weight excluding hydrogens is 340 g/mol. The number of piperazine rings is 1. The fraction of sp³-hybridized carbons (Fsp3) is 0.556. The minimum absolute atomic E-state index is 0.149. The highest BCUT2D eigenvalue weighted by Crippen LogP contribution is 2.28. The van der Waals surface area contributed by atoms with Crippen molar-refractivity contribution in [3.8, 4) is 11.5 Å². The third kappa shape index (κ3) is 6.11. The van der Waals surface area contributed by atoms with Crippen LogP contribution in [0.5, 0.6) is 11.5 Å². The van der Waals surface area contributed by atoms with Gasteiger partial charge in [0.15, 0.2) is 11.5 Å². The van der Waals surface area contributed by atoms with Crippen LogP contribution in [0.3, 0.4) is 0 Å².